The van der Waals surface area contributed by atoms with E-state index in [9.17, 15) is 18.0 Å². The largest absolute Gasteiger partial charge is 0.480 e. The number of nitrogens with zero attached hydrogens (tertiary/aromatic N) is 3. The smallest absolute Gasteiger partial charge is 0.425 e. The first kappa shape index (κ1) is 20.6. The number of amides is 1. The van der Waals surface area contributed by atoms with Crippen molar-refractivity contribution in [1.82, 2.24) is 20.4 Å². The summed E-state index contributed by atoms with van der Waals surface area (Å²) in [7, 11) is 0. The number of halogens is 4. The number of aromatic nitrogens is 3. The highest BCUT2D eigenvalue weighted by molar-refractivity contribution is 9.10. The molecule has 152 valence electrons. The average molecular weight is 463 g/mol. The van der Waals surface area contributed by atoms with Crippen LogP contribution in [0.15, 0.2) is 21.3 Å². The van der Waals surface area contributed by atoms with Crippen molar-refractivity contribution in [3.8, 4) is 5.75 Å². The molecular formula is C17H18BrF3N4O3. The summed E-state index contributed by atoms with van der Waals surface area (Å²) in [5.41, 5.74) is -0.955. The van der Waals surface area contributed by atoms with E-state index >= 15 is 0 Å². The minimum atomic E-state index is -4.54. The topological polar surface area (TPSA) is 90.1 Å². The molecule has 2 atom stereocenters. The minimum absolute atomic E-state index is 0.0836. The van der Waals surface area contributed by atoms with Crippen LogP contribution >= 0.6 is 15.9 Å². The quantitative estimate of drug-likeness (QED) is 0.699. The third-order valence-electron chi connectivity index (χ3n) is 4.58. The molecule has 1 saturated carbocycles. The standard InChI is InChI=1S/C17H18BrF3N4O3/c1-8(17(19,20)21)27-13-6-12(22-7-11(13)18)14(26)24-16(3,10-4-5-10)15-23-9(2)28-25-15/h6-8,10H,4-5H2,1-3H3,(H,24,26). The summed E-state index contributed by atoms with van der Waals surface area (Å²) in [4.78, 5) is 21.0. The van der Waals surface area contributed by atoms with Crippen molar-refractivity contribution in [3.63, 3.8) is 0 Å². The monoisotopic (exact) mass is 462 g/mol. The van der Waals surface area contributed by atoms with Crippen LogP contribution in [0.5, 0.6) is 5.75 Å². The first-order chi connectivity index (χ1) is 13.0. The van der Waals surface area contributed by atoms with E-state index in [1.54, 1.807) is 13.8 Å². The Morgan fingerprint density at radius 3 is 2.64 bits per heavy atom. The predicted octanol–water partition coefficient (Wildman–Crippen LogP) is 3.92. The van der Waals surface area contributed by atoms with Gasteiger partial charge in [0.25, 0.3) is 5.91 Å². The maximum absolute atomic E-state index is 12.8. The highest BCUT2D eigenvalue weighted by Crippen LogP contribution is 2.44. The summed E-state index contributed by atoms with van der Waals surface area (Å²) < 4.78 is 48.5. The molecular weight excluding hydrogens is 445 g/mol. The first-order valence-corrected chi connectivity index (χ1v) is 9.32. The number of ether oxygens (including phenoxy) is 1. The Morgan fingerprint density at radius 2 is 2.11 bits per heavy atom. The third-order valence-corrected chi connectivity index (χ3v) is 5.17. The molecule has 0 bridgehead atoms. The molecule has 1 aliphatic rings. The second kappa shape index (κ2) is 7.34. The van der Waals surface area contributed by atoms with Crippen molar-refractivity contribution in [2.45, 2.75) is 51.4 Å². The molecule has 0 spiro atoms. The fourth-order valence-corrected chi connectivity index (χ4v) is 3.01. The first-order valence-electron chi connectivity index (χ1n) is 8.53. The molecule has 0 radical (unpaired) electrons. The van der Waals surface area contributed by atoms with Gasteiger partial charge in [0, 0.05) is 19.2 Å². The van der Waals surface area contributed by atoms with Gasteiger partial charge in [0.2, 0.25) is 5.89 Å². The molecule has 0 saturated heterocycles. The van der Waals surface area contributed by atoms with Gasteiger partial charge in [-0.25, -0.2) is 4.98 Å². The van der Waals surface area contributed by atoms with E-state index in [0.29, 0.717) is 11.7 Å². The van der Waals surface area contributed by atoms with Crippen molar-refractivity contribution in [2.24, 2.45) is 5.92 Å². The summed E-state index contributed by atoms with van der Waals surface area (Å²) in [6, 6.07) is 1.16. The van der Waals surface area contributed by atoms with E-state index in [1.807, 2.05) is 0 Å². The van der Waals surface area contributed by atoms with E-state index in [-0.39, 0.29) is 21.8 Å². The van der Waals surface area contributed by atoms with Crippen LogP contribution in [-0.2, 0) is 5.54 Å². The van der Waals surface area contributed by atoms with Gasteiger partial charge in [0.1, 0.15) is 17.0 Å². The molecule has 1 fully saturated rings. The number of nitrogens with one attached hydrogen (secondary N) is 1. The molecule has 1 amide bonds. The SMILES string of the molecule is Cc1nc(C(C)(NC(=O)c2cc(OC(C)C(F)(F)F)c(Br)cn2)C2CC2)no1. The fourth-order valence-electron chi connectivity index (χ4n) is 2.70. The van der Waals surface area contributed by atoms with E-state index in [4.69, 9.17) is 9.26 Å². The van der Waals surface area contributed by atoms with Gasteiger partial charge in [-0.1, -0.05) is 5.16 Å². The highest BCUT2D eigenvalue weighted by atomic mass is 79.9. The molecule has 1 aliphatic carbocycles. The average Bonchev–Trinajstić information content (AvgIpc) is 3.37. The maximum Gasteiger partial charge on any atom is 0.425 e. The Bertz CT molecular complexity index is 885. The Morgan fingerprint density at radius 1 is 1.43 bits per heavy atom. The van der Waals surface area contributed by atoms with Gasteiger partial charge in [0.15, 0.2) is 11.9 Å². The molecule has 0 aromatic carbocycles. The molecule has 11 heteroatoms. The number of carbonyl (C=O) groups is 1. The maximum atomic E-state index is 12.8. The summed E-state index contributed by atoms with van der Waals surface area (Å²) >= 11 is 3.09. The van der Waals surface area contributed by atoms with Crippen LogP contribution in [0.25, 0.3) is 0 Å². The zero-order valence-electron chi connectivity index (χ0n) is 15.3. The van der Waals surface area contributed by atoms with Crippen LogP contribution in [0.2, 0.25) is 0 Å². The fraction of sp³-hybridized carbons (Fsp3) is 0.529. The van der Waals surface area contributed by atoms with E-state index in [0.717, 1.165) is 25.8 Å². The lowest BCUT2D eigenvalue weighted by Crippen LogP contribution is -2.46. The van der Waals surface area contributed by atoms with Crippen molar-refractivity contribution in [3.05, 3.63) is 34.1 Å². The van der Waals surface area contributed by atoms with Crippen molar-refractivity contribution in [1.29, 1.82) is 0 Å². The molecule has 1 N–H and O–H groups in total. The van der Waals surface area contributed by atoms with Crippen molar-refractivity contribution < 1.29 is 27.2 Å². The van der Waals surface area contributed by atoms with Crippen LogP contribution in [0.3, 0.4) is 0 Å². The van der Waals surface area contributed by atoms with Crippen LogP contribution < -0.4 is 10.1 Å². The summed E-state index contributed by atoms with van der Waals surface area (Å²) in [6.45, 7) is 4.32. The third kappa shape index (κ3) is 4.29. The number of hydrogen-bond donors (Lipinski definition) is 1. The Balaban J connectivity index is 1.83. The number of hydrogen-bond acceptors (Lipinski definition) is 6. The lowest BCUT2D eigenvalue weighted by molar-refractivity contribution is -0.189. The number of pyridine rings is 1. The molecule has 2 aromatic rings. The van der Waals surface area contributed by atoms with Crippen molar-refractivity contribution >= 4 is 21.8 Å². The molecule has 2 unspecified atom stereocenters. The zero-order valence-corrected chi connectivity index (χ0v) is 16.9. The molecule has 2 aromatic heterocycles. The lowest BCUT2D eigenvalue weighted by atomic mass is 9.94. The second-order valence-electron chi connectivity index (χ2n) is 6.87. The van der Waals surface area contributed by atoms with Gasteiger partial charge in [-0.05, 0) is 48.5 Å². The van der Waals surface area contributed by atoms with E-state index in [2.05, 4.69) is 36.4 Å². The number of carbonyl (C=O) groups excluding carboxylic acids is 1. The number of alkyl halides is 3. The van der Waals surface area contributed by atoms with Gasteiger partial charge >= 0.3 is 6.18 Å². The second-order valence-corrected chi connectivity index (χ2v) is 7.72. The lowest BCUT2D eigenvalue weighted by Gasteiger charge is -2.27. The number of aryl methyl sites for hydroxylation is 1. The normalized spacial score (nSPS) is 17.7. The van der Waals surface area contributed by atoms with Crippen molar-refractivity contribution in [2.75, 3.05) is 0 Å². The summed E-state index contributed by atoms with van der Waals surface area (Å²) in [5, 5.41) is 6.77. The predicted molar refractivity (Wildman–Crippen MR) is 94.7 cm³/mol. The highest BCUT2D eigenvalue weighted by Gasteiger charge is 2.47. The molecule has 0 aliphatic heterocycles. The van der Waals surface area contributed by atoms with Gasteiger partial charge in [-0.2, -0.15) is 18.2 Å². The summed E-state index contributed by atoms with van der Waals surface area (Å²) in [6.07, 6.45) is -3.58. The minimum Gasteiger partial charge on any atom is -0.480 e. The van der Waals surface area contributed by atoms with Crippen LogP contribution in [0, 0.1) is 12.8 Å². The molecule has 7 nitrogen and oxygen atoms in total. The Labute approximate surface area is 167 Å². The van der Waals surface area contributed by atoms with Gasteiger partial charge in [-0.3, -0.25) is 4.79 Å². The van der Waals surface area contributed by atoms with Gasteiger partial charge in [-0.15, -0.1) is 0 Å². The van der Waals surface area contributed by atoms with Gasteiger partial charge in [0.05, 0.1) is 4.47 Å². The van der Waals surface area contributed by atoms with Crippen LogP contribution in [0.1, 0.15) is 48.9 Å². The Hall–Kier alpha value is -2.17. The summed E-state index contributed by atoms with van der Waals surface area (Å²) in [5.74, 6) is 0.141. The molecule has 28 heavy (non-hydrogen) atoms. The number of rotatable bonds is 6. The zero-order chi connectivity index (χ0) is 20.7. The van der Waals surface area contributed by atoms with Gasteiger partial charge < -0.3 is 14.6 Å². The Kier molecular flexibility index (Phi) is 5.39. The van der Waals surface area contributed by atoms with Crippen LogP contribution in [-0.4, -0.2) is 33.3 Å². The molecule has 2 heterocycles. The molecule has 3 rings (SSSR count). The van der Waals surface area contributed by atoms with E-state index < -0.39 is 23.7 Å². The van der Waals surface area contributed by atoms with E-state index in [1.165, 1.54) is 6.20 Å². The van der Waals surface area contributed by atoms with Crippen LogP contribution in [0.4, 0.5) is 13.2 Å².